The molecule has 4 atom stereocenters. The number of amides is 1. The summed E-state index contributed by atoms with van der Waals surface area (Å²) in [6.07, 6.45) is 9.47. The van der Waals surface area contributed by atoms with Gasteiger partial charge in [-0.1, -0.05) is 38.0 Å². The zero-order valence-electron chi connectivity index (χ0n) is 21.6. The van der Waals surface area contributed by atoms with E-state index in [1.54, 1.807) is 6.07 Å². The number of aromatic nitrogens is 3. The van der Waals surface area contributed by atoms with Crippen molar-refractivity contribution in [1.82, 2.24) is 25.0 Å². The van der Waals surface area contributed by atoms with Gasteiger partial charge in [-0.05, 0) is 57.9 Å². The molecule has 0 radical (unpaired) electrons. The predicted molar refractivity (Wildman–Crippen MR) is 139 cm³/mol. The molecule has 5 rings (SSSR count). The number of carbonyl (C=O) groups is 1. The Hall–Kier alpha value is -2.33. The van der Waals surface area contributed by atoms with E-state index in [1.165, 1.54) is 24.2 Å². The topological polar surface area (TPSA) is 106 Å². The van der Waals surface area contributed by atoms with Gasteiger partial charge in [-0.15, -0.1) is 10.2 Å². The number of rotatable bonds is 9. The lowest BCUT2D eigenvalue weighted by Crippen LogP contribution is -2.45. The molecule has 2 saturated heterocycles. The molecule has 2 aromatic rings. The third-order valence-electron chi connectivity index (χ3n) is 8.49. The molecule has 1 amide bonds. The molecule has 1 aliphatic carbocycles. The van der Waals surface area contributed by atoms with E-state index in [2.05, 4.69) is 45.8 Å². The van der Waals surface area contributed by atoms with Gasteiger partial charge in [0.2, 0.25) is 5.91 Å². The van der Waals surface area contributed by atoms with Gasteiger partial charge in [0.15, 0.2) is 0 Å². The number of fused-ring (bicyclic) bond motifs is 2. The third kappa shape index (κ3) is 5.07. The number of aryl methyl sites for hydroxylation is 1. The molecular weight excluding hydrogens is 476 g/mol. The second-order valence-corrected chi connectivity index (χ2v) is 12.2. The fourth-order valence-corrected chi connectivity index (χ4v) is 7.63. The van der Waals surface area contributed by atoms with Gasteiger partial charge in [0.25, 0.3) is 0 Å². The van der Waals surface area contributed by atoms with Gasteiger partial charge in [0.05, 0.1) is 11.0 Å². The minimum absolute atomic E-state index is 0.0801. The summed E-state index contributed by atoms with van der Waals surface area (Å²) >= 11 is 1.19. The molecule has 0 unspecified atom stereocenters. The highest BCUT2D eigenvalue weighted by Gasteiger charge is 2.42. The molecule has 10 heteroatoms. The molecule has 0 spiro atoms. The molecule has 2 bridgehead atoms. The molecule has 1 saturated carbocycles. The Bertz CT molecular complexity index is 1080. The highest BCUT2D eigenvalue weighted by Crippen LogP contribution is 2.43. The van der Waals surface area contributed by atoms with Crippen LogP contribution in [0.5, 0.6) is 0 Å². The van der Waals surface area contributed by atoms with E-state index < -0.39 is 0 Å². The van der Waals surface area contributed by atoms with Crippen LogP contribution < -0.4 is 5.32 Å². The monoisotopic (exact) mass is 514 g/mol. The lowest BCUT2D eigenvalue weighted by molar-refractivity contribution is -0.380. The van der Waals surface area contributed by atoms with Crippen LogP contribution in [0.1, 0.15) is 106 Å². The molecule has 9 nitrogen and oxygen atoms in total. The largest absolute Gasteiger partial charge is 0.348 e. The number of nitro groups is 1. The quantitative estimate of drug-likeness (QED) is 0.360. The van der Waals surface area contributed by atoms with Crippen molar-refractivity contribution in [3.05, 3.63) is 38.8 Å². The molecule has 196 valence electrons. The first-order valence-electron chi connectivity index (χ1n) is 13.5. The molecule has 1 N–H and O–H groups in total. The fourth-order valence-electron chi connectivity index (χ4n) is 6.72. The molecule has 3 fully saturated rings. The van der Waals surface area contributed by atoms with Gasteiger partial charge in [-0.3, -0.25) is 19.8 Å². The van der Waals surface area contributed by atoms with Crippen molar-refractivity contribution in [3.8, 4) is 0 Å². The second kappa shape index (κ2) is 10.6. The van der Waals surface area contributed by atoms with Gasteiger partial charge in [-0.2, -0.15) is 0 Å². The highest BCUT2D eigenvalue weighted by molar-refractivity contribution is 7.15. The maximum absolute atomic E-state index is 13.0. The number of carbonyl (C=O) groups excluding carboxylic acids is 1. The third-order valence-corrected chi connectivity index (χ3v) is 9.64. The Morgan fingerprint density at radius 3 is 2.44 bits per heavy atom. The van der Waals surface area contributed by atoms with E-state index in [0.717, 1.165) is 68.0 Å². The molecule has 3 aliphatic rings. The standard InChI is InChI=1S/C26H38N6O3S/c1-16(2)25-29-28-17(3)31(25)21-14-19-8-9-20(15-21)30(19)13-12-22(23-10-11-24(36-23)32(34)35)27-26(33)18-6-4-5-7-18/h10-11,16,18-22H,4-9,12-15H2,1-3H3,(H,27,33)/t19-,20+,21-,22-/m0/s1. The normalized spacial score (nSPS) is 25.5. The Morgan fingerprint density at radius 1 is 1.14 bits per heavy atom. The van der Waals surface area contributed by atoms with Crippen LogP contribution >= 0.6 is 11.3 Å². The average Bonchev–Trinajstić information content (AvgIpc) is 3.63. The molecule has 0 aromatic carbocycles. The maximum Gasteiger partial charge on any atom is 0.324 e. The van der Waals surface area contributed by atoms with Gasteiger partial charge >= 0.3 is 5.00 Å². The number of piperidine rings is 1. The van der Waals surface area contributed by atoms with Crippen LogP contribution in [0.15, 0.2) is 12.1 Å². The Balaban J connectivity index is 1.28. The smallest absolute Gasteiger partial charge is 0.324 e. The summed E-state index contributed by atoms with van der Waals surface area (Å²) in [5, 5.41) is 23.6. The highest BCUT2D eigenvalue weighted by atomic mass is 32.1. The summed E-state index contributed by atoms with van der Waals surface area (Å²) in [5.74, 6) is 2.63. The first-order valence-corrected chi connectivity index (χ1v) is 14.3. The lowest BCUT2D eigenvalue weighted by atomic mass is 9.95. The van der Waals surface area contributed by atoms with Crippen LogP contribution in [-0.2, 0) is 4.79 Å². The first kappa shape index (κ1) is 25.3. The van der Waals surface area contributed by atoms with Crippen molar-refractivity contribution < 1.29 is 9.72 Å². The van der Waals surface area contributed by atoms with Crippen molar-refractivity contribution in [1.29, 1.82) is 0 Å². The minimum atomic E-state index is -0.340. The minimum Gasteiger partial charge on any atom is -0.348 e. The number of nitrogens with zero attached hydrogens (tertiary/aromatic N) is 5. The van der Waals surface area contributed by atoms with Gasteiger partial charge in [0, 0.05) is 47.4 Å². The van der Waals surface area contributed by atoms with E-state index in [4.69, 9.17) is 0 Å². The van der Waals surface area contributed by atoms with Crippen molar-refractivity contribution in [2.75, 3.05) is 6.54 Å². The van der Waals surface area contributed by atoms with Crippen LogP contribution in [0.25, 0.3) is 0 Å². The number of hydrogen-bond donors (Lipinski definition) is 1. The number of thiophene rings is 1. The predicted octanol–water partition coefficient (Wildman–Crippen LogP) is 5.29. The second-order valence-electron chi connectivity index (χ2n) is 11.1. The van der Waals surface area contributed by atoms with Crippen molar-refractivity contribution in [2.24, 2.45) is 5.92 Å². The Morgan fingerprint density at radius 2 is 1.83 bits per heavy atom. The molecular formula is C26H38N6O3S. The molecule has 4 heterocycles. The van der Waals surface area contributed by atoms with E-state index in [-0.39, 0.29) is 27.8 Å². The first-order chi connectivity index (χ1) is 17.3. The van der Waals surface area contributed by atoms with Gasteiger partial charge < -0.3 is 9.88 Å². The lowest BCUT2D eigenvalue weighted by Gasteiger charge is -2.40. The summed E-state index contributed by atoms with van der Waals surface area (Å²) in [7, 11) is 0. The SMILES string of the molecule is Cc1nnc(C(C)C)n1[C@@H]1C[C@H]2CC[C@@H](C1)N2CC[C@H](NC(=O)C1CCCC1)c1ccc([N+](=O)[O-])s1. The van der Waals surface area contributed by atoms with Crippen molar-refractivity contribution in [3.63, 3.8) is 0 Å². The zero-order valence-corrected chi connectivity index (χ0v) is 22.4. The van der Waals surface area contributed by atoms with Crippen LogP contribution in [0.2, 0.25) is 0 Å². The van der Waals surface area contributed by atoms with Crippen molar-refractivity contribution >= 4 is 22.2 Å². The van der Waals surface area contributed by atoms with Gasteiger partial charge in [0.1, 0.15) is 11.6 Å². The molecule has 2 aromatic heterocycles. The van der Waals surface area contributed by atoms with Crippen LogP contribution in [0, 0.1) is 23.0 Å². The maximum atomic E-state index is 13.0. The average molecular weight is 515 g/mol. The van der Waals surface area contributed by atoms with E-state index in [1.807, 2.05) is 6.07 Å². The van der Waals surface area contributed by atoms with Crippen LogP contribution in [0.3, 0.4) is 0 Å². The summed E-state index contributed by atoms with van der Waals surface area (Å²) in [4.78, 5) is 27.5. The fraction of sp³-hybridized carbons (Fsp3) is 0.731. The van der Waals surface area contributed by atoms with Crippen LogP contribution in [0.4, 0.5) is 5.00 Å². The summed E-state index contributed by atoms with van der Waals surface area (Å²) in [6, 6.07) is 4.67. The number of hydrogen-bond acceptors (Lipinski definition) is 7. The summed E-state index contributed by atoms with van der Waals surface area (Å²) < 4.78 is 2.38. The van der Waals surface area contributed by atoms with Gasteiger partial charge in [-0.25, -0.2) is 0 Å². The van der Waals surface area contributed by atoms with E-state index in [9.17, 15) is 14.9 Å². The molecule has 36 heavy (non-hydrogen) atoms. The Kier molecular flexibility index (Phi) is 7.44. The van der Waals surface area contributed by atoms with Crippen LogP contribution in [-0.4, -0.2) is 49.1 Å². The summed E-state index contributed by atoms with van der Waals surface area (Å²) in [6.45, 7) is 7.31. The molecule has 2 aliphatic heterocycles. The van der Waals surface area contributed by atoms with E-state index in [0.29, 0.717) is 24.0 Å². The van der Waals surface area contributed by atoms with Crippen molar-refractivity contribution in [2.45, 2.75) is 109 Å². The Labute approximate surface area is 216 Å². The zero-order chi connectivity index (χ0) is 25.4. The van der Waals surface area contributed by atoms with E-state index >= 15 is 0 Å². The number of nitrogens with one attached hydrogen (secondary N) is 1. The summed E-state index contributed by atoms with van der Waals surface area (Å²) in [5.41, 5.74) is 0.